The molecule has 4 rings (SSSR count). The van der Waals surface area contributed by atoms with Gasteiger partial charge in [0.1, 0.15) is 0 Å². The first-order valence-electron chi connectivity index (χ1n) is 7.79. The van der Waals surface area contributed by atoms with E-state index < -0.39 is 0 Å². The average Bonchev–Trinajstić information content (AvgIpc) is 3.22. The van der Waals surface area contributed by atoms with Gasteiger partial charge in [-0.3, -0.25) is 9.69 Å². The van der Waals surface area contributed by atoms with Crippen LogP contribution in [-0.2, 0) is 11.3 Å². The van der Waals surface area contributed by atoms with Gasteiger partial charge in [0, 0.05) is 18.5 Å². The molecule has 6 heteroatoms. The third-order valence-corrected chi connectivity index (χ3v) is 5.42. The standard InChI is InChI=1S/C18H17N3O2S/c1-20-13-11-21(10-12-6-3-2-4-7-12)17(22)15(13)16(19-18(20)23)14-8-5-9-24-14/h2-9,16H,10-11H2,1H3,(H,19,23). The number of thiophene rings is 1. The molecule has 0 aliphatic carbocycles. The van der Waals surface area contributed by atoms with Gasteiger partial charge in [-0.15, -0.1) is 11.3 Å². The van der Waals surface area contributed by atoms with E-state index in [2.05, 4.69) is 5.32 Å². The van der Waals surface area contributed by atoms with Crippen molar-refractivity contribution >= 4 is 23.3 Å². The molecular formula is C18H17N3O2S. The summed E-state index contributed by atoms with van der Waals surface area (Å²) in [6.45, 7) is 1.01. The summed E-state index contributed by atoms with van der Waals surface area (Å²) < 4.78 is 0. The Morgan fingerprint density at radius 1 is 1.17 bits per heavy atom. The molecule has 0 radical (unpaired) electrons. The normalized spacial score (nSPS) is 20.5. The number of amides is 3. The molecule has 122 valence electrons. The zero-order chi connectivity index (χ0) is 16.7. The quantitative estimate of drug-likeness (QED) is 0.935. The minimum Gasteiger partial charge on any atom is -0.329 e. The summed E-state index contributed by atoms with van der Waals surface area (Å²) in [5, 5.41) is 4.91. The number of urea groups is 1. The van der Waals surface area contributed by atoms with E-state index >= 15 is 0 Å². The Morgan fingerprint density at radius 3 is 2.67 bits per heavy atom. The molecule has 2 aliphatic heterocycles. The van der Waals surface area contributed by atoms with Crippen LogP contribution in [0.25, 0.3) is 0 Å². The van der Waals surface area contributed by atoms with Crippen molar-refractivity contribution < 1.29 is 9.59 Å². The van der Waals surface area contributed by atoms with Gasteiger partial charge in [-0.25, -0.2) is 4.79 Å². The number of likely N-dealkylation sites (N-methyl/N-ethyl adjacent to an activating group) is 1. The van der Waals surface area contributed by atoms with Crippen LogP contribution in [0.15, 0.2) is 59.1 Å². The van der Waals surface area contributed by atoms with Crippen LogP contribution >= 0.6 is 11.3 Å². The van der Waals surface area contributed by atoms with Crippen molar-refractivity contribution in [1.82, 2.24) is 15.1 Å². The van der Waals surface area contributed by atoms with E-state index in [1.54, 1.807) is 28.2 Å². The number of carbonyl (C=O) groups is 2. The van der Waals surface area contributed by atoms with Gasteiger partial charge in [0.15, 0.2) is 0 Å². The van der Waals surface area contributed by atoms with Crippen LogP contribution in [0.5, 0.6) is 0 Å². The summed E-state index contributed by atoms with van der Waals surface area (Å²) in [6.07, 6.45) is 0. The third kappa shape index (κ3) is 2.39. The number of rotatable bonds is 3. The second-order valence-corrected chi connectivity index (χ2v) is 6.94. The van der Waals surface area contributed by atoms with Gasteiger partial charge in [-0.05, 0) is 17.0 Å². The fraction of sp³-hybridized carbons (Fsp3) is 0.222. The molecule has 0 saturated heterocycles. The van der Waals surface area contributed by atoms with Crippen LogP contribution in [0.4, 0.5) is 4.79 Å². The van der Waals surface area contributed by atoms with Crippen molar-refractivity contribution in [3.8, 4) is 0 Å². The summed E-state index contributed by atoms with van der Waals surface area (Å²) in [7, 11) is 1.72. The lowest BCUT2D eigenvalue weighted by atomic mass is 10.0. The first kappa shape index (κ1) is 15.0. The maximum Gasteiger partial charge on any atom is 0.322 e. The van der Waals surface area contributed by atoms with Crippen LogP contribution < -0.4 is 5.32 Å². The molecule has 1 aromatic carbocycles. The van der Waals surface area contributed by atoms with Gasteiger partial charge in [0.05, 0.1) is 23.9 Å². The summed E-state index contributed by atoms with van der Waals surface area (Å²) in [5.41, 5.74) is 2.58. The number of benzene rings is 1. The van der Waals surface area contributed by atoms with Crippen LogP contribution in [0.3, 0.4) is 0 Å². The first-order valence-corrected chi connectivity index (χ1v) is 8.67. The molecule has 2 aliphatic rings. The zero-order valence-corrected chi connectivity index (χ0v) is 14.0. The van der Waals surface area contributed by atoms with Gasteiger partial charge in [-0.2, -0.15) is 0 Å². The molecule has 24 heavy (non-hydrogen) atoms. The Hall–Kier alpha value is -2.60. The highest BCUT2D eigenvalue weighted by Gasteiger charge is 2.43. The van der Waals surface area contributed by atoms with Crippen molar-refractivity contribution in [2.45, 2.75) is 12.6 Å². The number of carbonyl (C=O) groups excluding carboxylic acids is 2. The minimum absolute atomic E-state index is 0.000830. The predicted molar refractivity (Wildman–Crippen MR) is 92.2 cm³/mol. The highest BCUT2D eigenvalue weighted by atomic mass is 32.1. The van der Waals surface area contributed by atoms with Crippen LogP contribution in [0, 0.1) is 0 Å². The van der Waals surface area contributed by atoms with Gasteiger partial charge in [0.2, 0.25) is 0 Å². The van der Waals surface area contributed by atoms with E-state index in [0.29, 0.717) is 18.7 Å². The van der Waals surface area contributed by atoms with E-state index in [9.17, 15) is 9.59 Å². The van der Waals surface area contributed by atoms with Crippen molar-refractivity contribution in [3.63, 3.8) is 0 Å². The number of hydrogen-bond acceptors (Lipinski definition) is 3. The molecule has 2 aromatic rings. The molecule has 1 N–H and O–H groups in total. The third-order valence-electron chi connectivity index (χ3n) is 4.48. The smallest absolute Gasteiger partial charge is 0.322 e. The van der Waals surface area contributed by atoms with E-state index in [4.69, 9.17) is 0 Å². The van der Waals surface area contributed by atoms with Crippen LogP contribution in [0.1, 0.15) is 16.5 Å². The van der Waals surface area contributed by atoms with Crippen molar-refractivity contribution in [2.75, 3.05) is 13.6 Å². The highest BCUT2D eigenvalue weighted by Crippen LogP contribution is 2.37. The fourth-order valence-electron chi connectivity index (χ4n) is 3.22. The van der Waals surface area contributed by atoms with Crippen LogP contribution in [0.2, 0.25) is 0 Å². The monoisotopic (exact) mass is 339 g/mol. The topological polar surface area (TPSA) is 52.7 Å². The van der Waals surface area contributed by atoms with E-state index in [0.717, 1.165) is 16.1 Å². The SMILES string of the molecule is CN1C(=O)NC(c2cccs2)C2=C1CN(Cc1ccccc1)C2=O. The summed E-state index contributed by atoms with van der Waals surface area (Å²) >= 11 is 1.55. The second kappa shape index (κ2) is 5.79. The zero-order valence-electron chi connectivity index (χ0n) is 13.2. The molecule has 0 spiro atoms. The van der Waals surface area contributed by atoms with Gasteiger partial charge >= 0.3 is 6.03 Å². The maximum absolute atomic E-state index is 13.0. The van der Waals surface area contributed by atoms with Crippen molar-refractivity contribution in [3.05, 3.63) is 69.6 Å². The lowest BCUT2D eigenvalue weighted by Crippen LogP contribution is -2.45. The summed E-state index contributed by atoms with van der Waals surface area (Å²) in [4.78, 5) is 29.6. The molecule has 3 amide bonds. The largest absolute Gasteiger partial charge is 0.329 e. The molecule has 0 saturated carbocycles. The fourth-order valence-corrected chi connectivity index (χ4v) is 4.01. The Labute approximate surface area is 144 Å². The average molecular weight is 339 g/mol. The molecular weight excluding hydrogens is 322 g/mol. The van der Waals surface area contributed by atoms with Crippen molar-refractivity contribution in [2.24, 2.45) is 0 Å². The molecule has 0 fully saturated rings. The molecule has 3 heterocycles. The lowest BCUT2D eigenvalue weighted by Gasteiger charge is -2.30. The van der Waals surface area contributed by atoms with E-state index in [-0.39, 0.29) is 18.0 Å². The molecule has 1 atom stereocenters. The molecule has 5 nitrogen and oxygen atoms in total. The van der Waals surface area contributed by atoms with Gasteiger partial charge in [-0.1, -0.05) is 36.4 Å². The molecule has 1 unspecified atom stereocenters. The van der Waals surface area contributed by atoms with E-state index in [1.165, 1.54) is 0 Å². The Morgan fingerprint density at radius 2 is 1.96 bits per heavy atom. The lowest BCUT2D eigenvalue weighted by molar-refractivity contribution is -0.126. The molecule has 0 bridgehead atoms. The minimum atomic E-state index is -0.350. The predicted octanol–water partition coefficient (Wildman–Crippen LogP) is 2.74. The Kier molecular flexibility index (Phi) is 3.61. The maximum atomic E-state index is 13.0. The van der Waals surface area contributed by atoms with Gasteiger partial charge < -0.3 is 10.2 Å². The Balaban J connectivity index is 1.67. The first-order chi connectivity index (χ1) is 11.6. The van der Waals surface area contributed by atoms with E-state index in [1.807, 2.05) is 47.8 Å². The summed E-state index contributed by atoms with van der Waals surface area (Å²) in [6, 6.07) is 13.3. The summed E-state index contributed by atoms with van der Waals surface area (Å²) in [5.74, 6) is -0.000830. The van der Waals surface area contributed by atoms with Crippen molar-refractivity contribution in [1.29, 1.82) is 0 Å². The van der Waals surface area contributed by atoms with Crippen LogP contribution in [-0.4, -0.2) is 35.3 Å². The second-order valence-electron chi connectivity index (χ2n) is 5.96. The highest BCUT2D eigenvalue weighted by molar-refractivity contribution is 7.10. The number of nitrogens with zero attached hydrogens (tertiary/aromatic N) is 2. The number of nitrogens with one attached hydrogen (secondary N) is 1. The Bertz CT molecular complexity index is 814. The van der Waals surface area contributed by atoms with Gasteiger partial charge in [0.25, 0.3) is 5.91 Å². The molecule has 1 aromatic heterocycles. The number of hydrogen-bond donors (Lipinski definition) is 1.